The molecule has 1 saturated carbocycles. The van der Waals surface area contributed by atoms with Crippen LogP contribution in [-0.2, 0) is 6.42 Å². The molecule has 3 heteroatoms. The Hall–Kier alpha value is -1.06. The highest BCUT2D eigenvalue weighted by Crippen LogP contribution is 2.43. The molecule has 0 radical (unpaired) electrons. The lowest BCUT2D eigenvalue weighted by molar-refractivity contribution is -0.0681. The molecule has 0 saturated heterocycles. The minimum atomic E-state index is -0.329. The molecule has 1 aliphatic carbocycles. The molecular formula is C15H21NO2. The fourth-order valence-electron chi connectivity index (χ4n) is 3.14. The summed E-state index contributed by atoms with van der Waals surface area (Å²) < 4.78 is 5.83. The molecule has 0 bridgehead atoms. The topological polar surface area (TPSA) is 55.5 Å². The second-order valence-corrected chi connectivity index (χ2v) is 5.78. The van der Waals surface area contributed by atoms with Gasteiger partial charge < -0.3 is 15.6 Å². The maximum Gasteiger partial charge on any atom is 0.122 e. The van der Waals surface area contributed by atoms with Crippen molar-refractivity contribution in [2.75, 3.05) is 13.2 Å². The third kappa shape index (κ3) is 1.82. The highest BCUT2D eigenvalue weighted by Gasteiger charge is 2.45. The van der Waals surface area contributed by atoms with Gasteiger partial charge in [-0.25, -0.2) is 0 Å². The fourth-order valence-corrected chi connectivity index (χ4v) is 3.14. The summed E-state index contributed by atoms with van der Waals surface area (Å²) in [7, 11) is 0. The van der Waals surface area contributed by atoms with Crippen molar-refractivity contribution in [1.82, 2.24) is 0 Å². The molecule has 2 atom stereocenters. The van der Waals surface area contributed by atoms with Gasteiger partial charge >= 0.3 is 0 Å². The van der Waals surface area contributed by atoms with Gasteiger partial charge in [-0.2, -0.15) is 0 Å². The standard InChI is InChI=1S/C15H21NO2/c16-9-15(14(17)11-5-3-6-11)8-12-4-1-2-7-13(12)18-10-15/h1-2,4,7,11,14,17H,3,5-6,8-10,16H2. The molecule has 18 heavy (non-hydrogen) atoms. The maximum atomic E-state index is 10.6. The number of rotatable bonds is 3. The van der Waals surface area contributed by atoms with E-state index < -0.39 is 0 Å². The Morgan fingerprint density at radius 2 is 2.17 bits per heavy atom. The molecule has 0 spiro atoms. The summed E-state index contributed by atoms with van der Waals surface area (Å²) in [6.45, 7) is 1.02. The lowest BCUT2D eigenvalue weighted by Gasteiger charge is -2.45. The van der Waals surface area contributed by atoms with E-state index in [1.54, 1.807) is 0 Å². The molecular weight excluding hydrogens is 226 g/mol. The predicted octanol–water partition coefficient (Wildman–Crippen LogP) is 1.73. The Labute approximate surface area is 108 Å². The molecule has 0 aromatic heterocycles. The van der Waals surface area contributed by atoms with Gasteiger partial charge in [0, 0.05) is 12.0 Å². The monoisotopic (exact) mass is 247 g/mol. The number of nitrogens with two attached hydrogens (primary N) is 1. The van der Waals surface area contributed by atoms with Gasteiger partial charge in [-0.15, -0.1) is 0 Å². The zero-order valence-electron chi connectivity index (χ0n) is 10.6. The second-order valence-electron chi connectivity index (χ2n) is 5.78. The zero-order valence-corrected chi connectivity index (χ0v) is 10.6. The first-order chi connectivity index (χ1) is 8.75. The van der Waals surface area contributed by atoms with Crippen LogP contribution >= 0.6 is 0 Å². The van der Waals surface area contributed by atoms with Crippen molar-refractivity contribution in [3.05, 3.63) is 29.8 Å². The number of hydrogen-bond acceptors (Lipinski definition) is 3. The van der Waals surface area contributed by atoms with Crippen LogP contribution in [0, 0.1) is 11.3 Å². The smallest absolute Gasteiger partial charge is 0.122 e. The third-order valence-electron chi connectivity index (χ3n) is 4.66. The molecule has 1 fully saturated rings. The molecule has 2 aliphatic rings. The van der Waals surface area contributed by atoms with Crippen molar-refractivity contribution in [2.45, 2.75) is 31.8 Å². The molecule has 3 rings (SSSR count). The van der Waals surface area contributed by atoms with E-state index in [2.05, 4.69) is 6.07 Å². The fraction of sp³-hybridized carbons (Fsp3) is 0.600. The van der Waals surface area contributed by atoms with E-state index in [0.29, 0.717) is 19.1 Å². The summed E-state index contributed by atoms with van der Waals surface area (Å²) in [6.07, 6.45) is 4.00. The lowest BCUT2D eigenvalue weighted by atomic mass is 9.66. The van der Waals surface area contributed by atoms with E-state index >= 15 is 0 Å². The normalized spacial score (nSPS) is 29.0. The predicted molar refractivity (Wildman–Crippen MR) is 70.5 cm³/mol. The van der Waals surface area contributed by atoms with Crippen LogP contribution in [0.25, 0.3) is 0 Å². The Bertz CT molecular complexity index is 430. The Morgan fingerprint density at radius 3 is 2.83 bits per heavy atom. The van der Waals surface area contributed by atoms with E-state index in [1.807, 2.05) is 18.2 Å². The molecule has 1 heterocycles. The van der Waals surface area contributed by atoms with Crippen LogP contribution in [0.3, 0.4) is 0 Å². The van der Waals surface area contributed by atoms with Crippen LogP contribution in [0.5, 0.6) is 5.75 Å². The SMILES string of the molecule is NCC1(C(O)C2CCC2)COc2ccccc2C1. The third-order valence-corrected chi connectivity index (χ3v) is 4.66. The van der Waals surface area contributed by atoms with Crippen LogP contribution in [0.2, 0.25) is 0 Å². The number of para-hydroxylation sites is 1. The number of ether oxygens (including phenoxy) is 1. The molecule has 3 nitrogen and oxygen atoms in total. The van der Waals surface area contributed by atoms with Crippen LogP contribution in [0.15, 0.2) is 24.3 Å². The van der Waals surface area contributed by atoms with Crippen molar-refractivity contribution in [3.8, 4) is 5.75 Å². The van der Waals surface area contributed by atoms with E-state index in [4.69, 9.17) is 10.5 Å². The van der Waals surface area contributed by atoms with Crippen LogP contribution in [0.1, 0.15) is 24.8 Å². The highest BCUT2D eigenvalue weighted by molar-refractivity contribution is 5.36. The first-order valence-corrected chi connectivity index (χ1v) is 6.84. The zero-order chi connectivity index (χ0) is 12.6. The summed E-state index contributed by atoms with van der Waals surface area (Å²) in [6, 6.07) is 8.07. The maximum absolute atomic E-state index is 10.6. The van der Waals surface area contributed by atoms with Gasteiger partial charge in [0.05, 0.1) is 12.7 Å². The minimum Gasteiger partial charge on any atom is -0.493 e. The highest BCUT2D eigenvalue weighted by atomic mass is 16.5. The van der Waals surface area contributed by atoms with Gasteiger partial charge in [-0.1, -0.05) is 24.6 Å². The quantitative estimate of drug-likeness (QED) is 0.855. The summed E-state index contributed by atoms with van der Waals surface area (Å²) in [5.41, 5.74) is 6.85. The minimum absolute atomic E-state index is 0.292. The summed E-state index contributed by atoms with van der Waals surface area (Å²) in [5, 5.41) is 10.6. The van der Waals surface area contributed by atoms with Crippen molar-refractivity contribution in [2.24, 2.45) is 17.1 Å². The van der Waals surface area contributed by atoms with Crippen LogP contribution in [0.4, 0.5) is 0 Å². The van der Waals surface area contributed by atoms with Gasteiger partial charge in [0.1, 0.15) is 5.75 Å². The number of benzene rings is 1. The van der Waals surface area contributed by atoms with Crippen LogP contribution in [-0.4, -0.2) is 24.4 Å². The van der Waals surface area contributed by atoms with Gasteiger partial charge in [0.15, 0.2) is 0 Å². The van der Waals surface area contributed by atoms with E-state index in [0.717, 1.165) is 25.0 Å². The lowest BCUT2D eigenvalue weighted by Crippen LogP contribution is -2.53. The van der Waals surface area contributed by atoms with Crippen LogP contribution < -0.4 is 10.5 Å². The average molecular weight is 247 g/mol. The Morgan fingerprint density at radius 1 is 1.39 bits per heavy atom. The van der Waals surface area contributed by atoms with Gasteiger partial charge in [0.2, 0.25) is 0 Å². The van der Waals surface area contributed by atoms with E-state index in [1.165, 1.54) is 12.0 Å². The van der Waals surface area contributed by atoms with Crippen molar-refractivity contribution in [3.63, 3.8) is 0 Å². The molecule has 98 valence electrons. The van der Waals surface area contributed by atoms with E-state index in [-0.39, 0.29) is 11.5 Å². The summed E-state index contributed by atoms with van der Waals surface area (Å²) in [4.78, 5) is 0. The number of aliphatic hydroxyl groups is 1. The Balaban J connectivity index is 1.85. The number of hydrogen-bond donors (Lipinski definition) is 2. The van der Waals surface area contributed by atoms with Gasteiger partial charge in [-0.05, 0) is 36.8 Å². The molecule has 3 N–H and O–H groups in total. The largest absolute Gasteiger partial charge is 0.493 e. The molecule has 1 aromatic carbocycles. The number of aliphatic hydroxyl groups excluding tert-OH is 1. The first-order valence-electron chi connectivity index (χ1n) is 6.84. The van der Waals surface area contributed by atoms with Crippen molar-refractivity contribution >= 4 is 0 Å². The Kier molecular flexibility index (Phi) is 3.04. The summed E-state index contributed by atoms with van der Waals surface area (Å²) >= 11 is 0. The average Bonchev–Trinajstić information content (AvgIpc) is 2.36. The number of fused-ring (bicyclic) bond motifs is 1. The first kappa shape index (κ1) is 12.0. The molecule has 1 aliphatic heterocycles. The molecule has 0 amide bonds. The van der Waals surface area contributed by atoms with Crippen molar-refractivity contribution in [1.29, 1.82) is 0 Å². The molecule has 1 aromatic rings. The van der Waals surface area contributed by atoms with Crippen molar-refractivity contribution < 1.29 is 9.84 Å². The van der Waals surface area contributed by atoms with Gasteiger partial charge in [0.25, 0.3) is 0 Å². The van der Waals surface area contributed by atoms with Gasteiger partial charge in [-0.3, -0.25) is 0 Å². The summed E-state index contributed by atoms with van der Waals surface area (Å²) in [5.74, 6) is 1.37. The molecule has 2 unspecified atom stereocenters. The second kappa shape index (κ2) is 4.56. The van der Waals surface area contributed by atoms with E-state index in [9.17, 15) is 5.11 Å².